The van der Waals surface area contributed by atoms with Crippen LogP contribution in [-0.4, -0.2) is 11.7 Å². The molecule has 0 aliphatic carbocycles. The molecule has 0 saturated heterocycles. The number of halogens is 1. The van der Waals surface area contributed by atoms with Crippen LogP contribution >= 0.6 is 0 Å². The molecule has 2 N–H and O–H groups in total. The summed E-state index contributed by atoms with van der Waals surface area (Å²) in [6, 6.07) is 19.4. The molecule has 0 fully saturated rings. The third-order valence-corrected chi connectivity index (χ3v) is 3.61. The lowest BCUT2D eigenvalue weighted by Crippen LogP contribution is -2.20. The summed E-state index contributed by atoms with van der Waals surface area (Å²) in [7, 11) is 0. The van der Waals surface area contributed by atoms with Gasteiger partial charge >= 0.3 is 0 Å². The summed E-state index contributed by atoms with van der Waals surface area (Å²) in [4.78, 5) is 0. The summed E-state index contributed by atoms with van der Waals surface area (Å²) in [5.41, 5.74) is 1.72. The van der Waals surface area contributed by atoms with Gasteiger partial charge in [0.15, 0.2) is 0 Å². The van der Waals surface area contributed by atoms with Crippen LogP contribution in [-0.2, 0) is 6.54 Å². The van der Waals surface area contributed by atoms with E-state index in [9.17, 15) is 9.50 Å². The fraction of sp³-hybridized carbons (Fsp3) is 0.158. The molecule has 1 unspecified atom stereocenters. The quantitative estimate of drug-likeness (QED) is 0.725. The number of aliphatic hydroxyl groups excluding tert-OH is 1. The van der Waals surface area contributed by atoms with Crippen LogP contribution in [0.5, 0.6) is 0 Å². The highest BCUT2D eigenvalue weighted by atomic mass is 19.1. The zero-order valence-corrected chi connectivity index (χ0v) is 12.6. The average Bonchev–Trinajstić information content (AvgIpc) is 3.05. The van der Waals surface area contributed by atoms with Crippen molar-refractivity contribution in [2.24, 2.45) is 0 Å². The van der Waals surface area contributed by atoms with Gasteiger partial charge in [-0.05, 0) is 42.0 Å². The average molecular weight is 311 g/mol. The molecule has 4 heteroatoms. The largest absolute Gasteiger partial charge is 0.460 e. The molecule has 3 aromatic rings. The van der Waals surface area contributed by atoms with Gasteiger partial charge < -0.3 is 14.8 Å². The first-order chi connectivity index (χ1) is 11.2. The summed E-state index contributed by atoms with van der Waals surface area (Å²) in [5, 5.41) is 13.2. The Morgan fingerprint density at radius 3 is 2.43 bits per heavy atom. The molecule has 3 rings (SSSR count). The molecule has 1 atom stereocenters. The van der Waals surface area contributed by atoms with Gasteiger partial charge in [-0.1, -0.05) is 30.3 Å². The van der Waals surface area contributed by atoms with E-state index in [-0.39, 0.29) is 5.82 Å². The van der Waals surface area contributed by atoms with Crippen molar-refractivity contribution in [3.63, 3.8) is 0 Å². The van der Waals surface area contributed by atoms with Gasteiger partial charge in [-0.2, -0.15) is 0 Å². The number of rotatable bonds is 6. The first-order valence-corrected chi connectivity index (χ1v) is 7.51. The number of furan rings is 1. The molecule has 1 aromatic heterocycles. The normalized spacial score (nSPS) is 12.3. The zero-order valence-electron chi connectivity index (χ0n) is 12.6. The molecule has 118 valence electrons. The predicted molar refractivity (Wildman–Crippen MR) is 87.2 cm³/mol. The van der Waals surface area contributed by atoms with Crippen LogP contribution in [0.15, 0.2) is 71.1 Å². The molecule has 0 spiro atoms. The Morgan fingerprint density at radius 2 is 1.70 bits per heavy atom. The smallest absolute Gasteiger partial charge is 0.134 e. The Kier molecular flexibility index (Phi) is 4.86. The third-order valence-electron chi connectivity index (χ3n) is 3.61. The number of hydrogen-bond donors (Lipinski definition) is 2. The van der Waals surface area contributed by atoms with E-state index in [0.717, 1.165) is 16.9 Å². The standard InChI is InChI=1S/C19H18FNO2/c20-16-8-6-15(7-9-16)19-11-10-17(23-19)12-21-13-18(22)14-4-2-1-3-5-14/h1-11,18,21-22H,12-13H2. The van der Waals surface area contributed by atoms with Crippen LogP contribution < -0.4 is 5.32 Å². The second-order valence-electron chi connectivity index (χ2n) is 5.33. The first kappa shape index (κ1) is 15.5. The summed E-state index contributed by atoms with van der Waals surface area (Å²) in [5.74, 6) is 1.20. The minimum absolute atomic E-state index is 0.267. The highest BCUT2D eigenvalue weighted by Crippen LogP contribution is 2.22. The van der Waals surface area contributed by atoms with Gasteiger partial charge in [0.25, 0.3) is 0 Å². The van der Waals surface area contributed by atoms with Gasteiger partial charge in [-0.25, -0.2) is 4.39 Å². The highest BCUT2D eigenvalue weighted by Gasteiger charge is 2.08. The van der Waals surface area contributed by atoms with Gasteiger partial charge in [-0.15, -0.1) is 0 Å². The van der Waals surface area contributed by atoms with Gasteiger partial charge in [0, 0.05) is 12.1 Å². The predicted octanol–water partition coefficient (Wildman–Crippen LogP) is 3.91. The lowest BCUT2D eigenvalue weighted by molar-refractivity contribution is 0.173. The number of nitrogens with one attached hydrogen (secondary N) is 1. The fourth-order valence-corrected chi connectivity index (χ4v) is 2.37. The van der Waals surface area contributed by atoms with Crippen LogP contribution in [0.25, 0.3) is 11.3 Å². The topological polar surface area (TPSA) is 45.4 Å². The molecule has 0 amide bonds. The van der Waals surface area contributed by atoms with Crippen molar-refractivity contribution in [2.75, 3.05) is 6.54 Å². The molecule has 2 aromatic carbocycles. The minimum Gasteiger partial charge on any atom is -0.460 e. The van der Waals surface area contributed by atoms with Crippen molar-refractivity contribution in [1.82, 2.24) is 5.32 Å². The Bertz CT molecular complexity index is 738. The van der Waals surface area contributed by atoms with E-state index in [4.69, 9.17) is 4.42 Å². The van der Waals surface area contributed by atoms with Crippen molar-refractivity contribution in [3.8, 4) is 11.3 Å². The van der Waals surface area contributed by atoms with Crippen LogP contribution in [0.1, 0.15) is 17.4 Å². The fourth-order valence-electron chi connectivity index (χ4n) is 2.37. The number of aliphatic hydroxyl groups is 1. The SMILES string of the molecule is OC(CNCc1ccc(-c2ccc(F)cc2)o1)c1ccccc1. The first-order valence-electron chi connectivity index (χ1n) is 7.51. The van der Waals surface area contributed by atoms with E-state index in [1.807, 2.05) is 42.5 Å². The maximum absolute atomic E-state index is 12.9. The monoisotopic (exact) mass is 311 g/mol. The Balaban J connectivity index is 1.54. The lowest BCUT2D eigenvalue weighted by atomic mass is 10.1. The summed E-state index contributed by atoms with van der Waals surface area (Å²) >= 11 is 0. The van der Waals surface area contributed by atoms with Crippen molar-refractivity contribution >= 4 is 0 Å². The molecular formula is C19H18FNO2. The Morgan fingerprint density at radius 1 is 0.957 bits per heavy atom. The second kappa shape index (κ2) is 7.22. The molecule has 23 heavy (non-hydrogen) atoms. The molecule has 0 bridgehead atoms. The maximum Gasteiger partial charge on any atom is 0.134 e. The van der Waals surface area contributed by atoms with Crippen LogP contribution in [0.2, 0.25) is 0 Å². The van der Waals surface area contributed by atoms with Crippen molar-refractivity contribution in [3.05, 3.63) is 83.9 Å². The van der Waals surface area contributed by atoms with Crippen molar-refractivity contribution < 1.29 is 13.9 Å². The van der Waals surface area contributed by atoms with Crippen molar-refractivity contribution in [2.45, 2.75) is 12.6 Å². The summed E-state index contributed by atoms with van der Waals surface area (Å²) < 4.78 is 18.7. The maximum atomic E-state index is 12.9. The summed E-state index contributed by atoms with van der Waals surface area (Å²) in [6.45, 7) is 0.960. The molecule has 0 saturated carbocycles. The number of benzene rings is 2. The number of hydrogen-bond acceptors (Lipinski definition) is 3. The lowest BCUT2D eigenvalue weighted by Gasteiger charge is -2.11. The van der Waals surface area contributed by atoms with Crippen LogP contribution in [0.3, 0.4) is 0 Å². The molecule has 3 nitrogen and oxygen atoms in total. The molecule has 0 radical (unpaired) electrons. The molecule has 0 aliphatic heterocycles. The van der Waals surface area contributed by atoms with E-state index in [1.165, 1.54) is 12.1 Å². The third kappa shape index (κ3) is 4.06. The van der Waals surface area contributed by atoms with E-state index in [1.54, 1.807) is 12.1 Å². The van der Waals surface area contributed by atoms with E-state index in [2.05, 4.69) is 5.32 Å². The van der Waals surface area contributed by atoms with Gasteiger partial charge in [0.1, 0.15) is 17.3 Å². The van der Waals surface area contributed by atoms with E-state index < -0.39 is 6.10 Å². The molecular weight excluding hydrogens is 293 g/mol. The van der Waals surface area contributed by atoms with E-state index >= 15 is 0 Å². The van der Waals surface area contributed by atoms with Gasteiger partial charge in [0.05, 0.1) is 12.6 Å². The van der Waals surface area contributed by atoms with Gasteiger partial charge in [0.2, 0.25) is 0 Å². The molecule has 1 heterocycles. The minimum atomic E-state index is -0.553. The van der Waals surface area contributed by atoms with Gasteiger partial charge in [-0.3, -0.25) is 0 Å². The van der Waals surface area contributed by atoms with Crippen LogP contribution in [0.4, 0.5) is 4.39 Å². The zero-order chi connectivity index (χ0) is 16.1. The van der Waals surface area contributed by atoms with Crippen LogP contribution in [0, 0.1) is 5.82 Å². The Labute approximate surface area is 134 Å². The summed E-state index contributed by atoms with van der Waals surface area (Å²) in [6.07, 6.45) is -0.553. The highest BCUT2D eigenvalue weighted by molar-refractivity contribution is 5.57. The van der Waals surface area contributed by atoms with E-state index in [0.29, 0.717) is 18.8 Å². The second-order valence-corrected chi connectivity index (χ2v) is 5.33. The van der Waals surface area contributed by atoms with Crippen molar-refractivity contribution in [1.29, 1.82) is 0 Å². The Hall–Kier alpha value is -2.43. The molecule has 0 aliphatic rings.